The number of para-hydroxylation sites is 1. The van der Waals surface area contributed by atoms with Crippen LogP contribution in [-0.4, -0.2) is 42.7 Å². The highest BCUT2D eigenvalue weighted by Crippen LogP contribution is 2.18. The van der Waals surface area contributed by atoms with Gasteiger partial charge in [-0.05, 0) is 44.0 Å². The van der Waals surface area contributed by atoms with Gasteiger partial charge in [0.15, 0.2) is 0 Å². The standard InChI is InChI=1S/C20H23N3O4/c1-2-26-20(25)16-7-3-4-8-17(16)23-19(24)14-9-10-21-18(12-14)22-13-15-6-5-11-27-15/h3-4,7-10,12,15H,2,5-6,11,13H2,1H3,(H,21,22)(H,23,24). The predicted octanol–water partition coefficient (Wildman–Crippen LogP) is 3.10. The number of amides is 1. The van der Waals surface area contributed by atoms with Gasteiger partial charge in [0.1, 0.15) is 5.82 Å². The molecular weight excluding hydrogens is 346 g/mol. The van der Waals surface area contributed by atoms with Crippen LogP contribution in [0, 0.1) is 0 Å². The van der Waals surface area contributed by atoms with Crippen molar-refractivity contribution in [3.63, 3.8) is 0 Å². The average molecular weight is 369 g/mol. The molecule has 7 nitrogen and oxygen atoms in total. The number of nitrogens with one attached hydrogen (secondary N) is 2. The normalized spacial score (nSPS) is 16.0. The minimum absolute atomic E-state index is 0.181. The molecule has 0 aliphatic carbocycles. The minimum atomic E-state index is -0.470. The van der Waals surface area contributed by atoms with E-state index in [0.29, 0.717) is 29.2 Å². The number of benzene rings is 1. The topological polar surface area (TPSA) is 89.5 Å². The molecule has 1 fully saturated rings. The highest BCUT2D eigenvalue weighted by atomic mass is 16.5. The fraction of sp³-hybridized carbons (Fsp3) is 0.350. The van der Waals surface area contributed by atoms with Crippen molar-refractivity contribution in [2.45, 2.75) is 25.9 Å². The molecule has 0 saturated carbocycles. The first-order chi connectivity index (χ1) is 13.2. The lowest BCUT2D eigenvalue weighted by Gasteiger charge is -2.13. The molecule has 2 aromatic rings. The summed E-state index contributed by atoms with van der Waals surface area (Å²) in [6.07, 6.45) is 3.85. The summed E-state index contributed by atoms with van der Waals surface area (Å²) in [5.74, 6) is -0.187. The molecule has 1 saturated heterocycles. The van der Waals surface area contributed by atoms with Gasteiger partial charge in [0.2, 0.25) is 0 Å². The predicted molar refractivity (Wildman–Crippen MR) is 102 cm³/mol. The first-order valence-corrected chi connectivity index (χ1v) is 9.06. The Hall–Kier alpha value is -2.93. The first-order valence-electron chi connectivity index (χ1n) is 9.06. The Balaban J connectivity index is 1.67. The molecule has 0 radical (unpaired) electrons. The van der Waals surface area contributed by atoms with Crippen molar-refractivity contribution in [2.24, 2.45) is 0 Å². The molecule has 1 unspecified atom stereocenters. The van der Waals surface area contributed by atoms with Crippen LogP contribution in [-0.2, 0) is 9.47 Å². The van der Waals surface area contributed by atoms with E-state index >= 15 is 0 Å². The number of ether oxygens (including phenoxy) is 2. The SMILES string of the molecule is CCOC(=O)c1ccccc1NC(=O)c1ccnc(NCC2CCCO2)c1. The van der Waals surface area contributed by atoms with Gasteiger partial charge in [0.05, 0.1) is 24.0 Å². The van der Waals surface area contributed by atoms with Gasteiger partial charge >= 0.3 is 5.97 Å². The molecule has 1 aliphatic rings. The summed E-state index contributed by atoms with van der Waals surface area (Å²) in [5.41, 5.74) is 1.17. The lowest BCUT2D eigenvalue weighted by molar-refractivity contribution is 0.0527. The van der Waals surface area contributed by atoms with Crippen LogP contribution in [0.15, 0.2) is 42.6 Å². The van der Waals surface area contributed by atoms with Gasteiger partial charge in [-0.15, -0.1) is 0 Å². The minimum Gasteiger partial charge on any atom is -0.462 e. The summed E-state index contributed by atoms with van der Waals surface area (Å²) < 4.78 is 10.6. The highest BCUT2D eigenvalue weighted by Gasteiger charge is 2.17. The van der Waals surface area contributed by atoms with Gasteiger partial charge in [0.25, 0.3) is 5.91 Å². The van der Waals surface area contributed by atoms with Crippen molar-refractivity contribution in [3.05, 3.63) is 53.7 Å². The third kappa shape index (κ3) is 5.04. The van der Waals surface area contributed by atoms with E-state index in [1.165, 1.54) is 0 Å². The fourth-order valence-corrected chi connectivity index (χ4v) is 2.87. The molecule has 3 rings (SSSR count). The fourth-order valence-electron chi connectivity index (χ4n) is 2.87. The molecule has 1 aliphatic heterocycles. The Morgan fingerprint density at radius 1 is 1.30 bits per heavy atom. The largest absolute Gasteiger partial charge is 0.462 e. The van der Waals surface area contributed by atoms with Crippen molar-refractivity contribution in [1.29, 1.82) is 0 Å². The number of carbonyl (C=O) groups excluding carboxylic acids is 2. The molecule has 2 N–H and O–H groups in total. The van der Waals surface area contributed by atoms with Crippen LogP contribution in [0.3, 0.4) is 0 Å². The molecule has 0 bridgehead atoms. The molecule has 1 aromatic carbocycles. The molecule has 1 aromatic heterocycles. The maximum atomic E-state index is 12.6. The van der Waals surface area contributed by atoms with Crippen LogP contribution in [0.25, 0.3) is 0 Å². The third-order valence-electron chi connectivity index (χ3n) is 4.23. The lowest BCUT2D eigenvalue weighted by Crippen LogP contribution is -2.20. The van der Waals surface area contributed by atoms with E-state index in [2.05, 4.69) is 15.6 Å². The number of pyridine rings is 1. The molecule has 142 valence electrons. The number of carbonyl (C=O) groups is 2. The summed E-state index contributed by atoms with van der Waals surface area (Å²) >= 11 is 0. The van der Waals surface area contributed by atoms with Crippen LogP contribution in [0.2, 0.25) is 0 Å². The molecule has 27 heavy (non-hydrogen) atoms. The van der Waals surface area contributed by atoms with Crippen molar-refractivity contribution < 1.29 is 19.1 Å². The second-order valence-corrected chi connectivity index (χ2v) is 6.17. The Morgan fingerprint density at radius 2 is 2.15 bits per heavy atom. The van der Waals surface area contributed by atoms with Gasteiger partial charge in [-0.25, -0.2) is 9.78 Å². The zero-order valence-electron chi connectivity index (χ0n) is 15.2. The zero-order chi connectivity index (χ0) is 19.1. The highest BCUT2D eigenvalue weighted by molar-refractivity contribution is 6.08. The Bertz CT molecular complexity index is 803. The van der Waals surface area contributed by atoms with Crippen LogP contribution < -0.4 is 10.6 Å². The van der Waals surface area contributed by atoms with E-state index in [0.717, 1.165) is 19.4 Å². The number of hydrogen-bond donors (Lipinski definition) is 2. The molecule has 1 amide bonds. The van der Waals surface area contributed by atoms with Crippen LogP contribution in [0.5, 0.6) is 0 Å². The summed E-state index contributed by atoms with van der Waals surface area (Å²) in [5, 5.41) is 5.97. The summed E-state index contributed by atoms with van der Waals surface area (Å²) in [6.45, 7) is 3.46. The summed E-state index contributed by atoms with van der Waals surface area (Å²) in [7, 11) is 0. The van der Waals surface area contributed by atoms with Crippen LogP contribution >= 0.6 is 0 Å². The summed E-state index contributed by atoms with van der Waals surface area (Å²) in [4.78, 5) is 28.9. The first kappa shape index (κ1) is 18.8. The van der Waals surface area contributed by atoms with Crippen LogP contribution in [0.4, 0.5) is 11.5 Å². The average Bonchev–Trinajstić information content (AvgIpc) is 3.21. The van der Waals surface area contributed by atoms with E-state index in [1.807, 2.05) is 0 Å². The Labute approximate surface area is 158 Å². The number of anilines is 2. The van der Waals surface area contributed by atoms with E-state index in [-0.39, 0.29) is 18.6 Å². The van der Waals surface area contributed by atoms with Gasteiger partial charge in [-0.3, -0.25) is 4.79 Å². The smallest absolute Gasteiger partial charge is 0.340 e. The van der Waals surface area contributed by atoms with Crippen LogP contribution in [0.1, 0.15) is 40.5 Å². The Morgan fingerprint density at radius 3 is 2.93 bits per heavy atom. The van der Waals surface area contributed by atoms with Crippen molar-refractivity contribution in [3.8, 4) is 0 Å². The van der Waals surface area contributed by atoms with E-state index in [1.54, 1.807) is 49.5 Å². The zero-order valence-corrected chi connectivity index (χ0v) is 15.2. The number of aromatic nitrogens is 1. The van der Waals surface area contributed by atoms with E-state index < -0.39 is 5.97 Å². The number of rotatable bonds is 7. The van der Waals surface area contributed by atoms with Gasteiger partial charge in [0, 0.05) is 24.9 Å². The van der Waals surface area contributed by atoms with E-state index in [9.17, 15) is 9.59 Å². The van der Waals surface area contributed by atoms with Gasteiger partial charge in [-0.1, -0.05) is 12.1 Å². The second kappa shape index (κ2) is 9.14. The van der Waals surface area contributed by atoms with Gasteiger partial charge < -0.3 is 20.1 Å². The van der Waals surface area contributed by atoms with Crippen molar-refractivity contribution in [1.82, 2.24) is 4.98 Å². The Kier molecular flexibility index (Phi) is 6.38. The molecule has 2 heterocycles. The maximum absolute atomic E-state index is 12.6. The van der Waals surface area contributed by atoms with Crippen molar-refractivity contribution >= 4 is 23.4 Å². The quantitative estimate of drug-likeness (QED) is 0.729. The number of esters is 1. The lowest BCUT2D eigenvalue weighted by atomic mass is 10.1. The third-order valence-corrected chi connectivity index (χ3v) is 4.23. The van der Waals surface area contributed by atoms with Crippen molar-refractivity contribution in [2.75, 3.05) is 30.4 Å². The second-order valence-electron chi connectivity index (χ2n) is 6.17. The molecule has 7 heteroatoms. The molecule has 0 spiro atoms. The summed E-state index contributed by atoms with van der Waals surface area (Å²) in [6, 6.07) is 10.1. The number of hydrogen-bond acceptors (Lipinski definition) is 6. The van der Waals surface area contributed by atoms with E-state index in [4.69, 9.17) is 9.47 Å². The van der Waals surface area contributed by atoms with Gasteiger partial charge in [-0.2, -0.15) is 0 Å². The number of nitrogens with zero attached hydrogens (tertiary/aromatic N) is 1. The maximum Gasteiger partial charge on any atom is 0.340 e. The monoisotopic (exact) mass is 369 g/mol. The molecular formula is C20H23N3O4. The molecule has 1 atom stereocenters.